The fourth-order valence-electron chi connectivity index (χ4n) is 1.56. The molecule has 3 unspecified atom stereocenters. The Morgan fingerprint density at radius 3 is 2.60 bits per heavy atom. The predicted molar refractivity (Wildman–Crippen MR) is 66.2 cm³/mol. The maximum absolute atomic E-state index is 11.8. The van der Waals surface area contributed by atoms with Crippen LogP contribution in [0.4, 0.5) is 0 Å². The van der Waals surface area contributed by atoms with E-state index in [-0.39, 0.29) is 19.8 Å². The molecule has 1 rings (SSSR count). The fraction of sp³-hybridized carbons (Fsp3) is 0.692. The van der Waals surface area contributed by atoms with E-state index in [0.29, 0.717) is 6.42 Å². The molecule has 0 aliphatic carbocycles. The molecule has 0 aromatic heterocycles. The van der Waals surface area contributed by atoms with Crippen LogP contribution in [-0.4, -0.2) is 43.8 Å². The second-order valence-electron chi connectivity index (χ2n) is 4.51. The molecular weight excluding hydrogens is 266 g/mol. The Balaban J connectivity index is 2.44. The molecule has 0 amide bonds. The Hall–Kier alpha value is -2.10. The summed E-state index contributed by atoms with van der Waals surface area (Å²) in [4.78, 5) is 37.7. The first kappa shape index (κ1) is 16.0. The summed E-state index contributed by atoms with van der Waals surface area (Å²) in [6, 6.07) is 0. The van der Waals surface area contributed by atoms with Gasteiger partial charge in [-0.2, -0.15) is 0 Å². The first-order chi connectivity index (χ1) is 9.47. The molecule has 20 heavy (non-hydrogen) atoms. The number of carbonyl (C=O) groups is 3. The van der Waals surface area contributed by atoms with Crippen LogP contribution in [0.15, 0.2) is 0 Å². The molecule has 7 nitrogen and oxygen atoms in total. The third-order valence-electron chi connectivity index (χ3n) is 3.09. The van der Waals surface area contributed by atoms with Crippen molar-refractivity contribution in [3.8, 4) is 0 Å². The van der Waals surface area contributed by atoms with Crippen molar-refractivity contribution in [3.05, 3.63) is 11.4 Å². The molecule has 1 saturated heterocycles. The molecule has 1 aliphatic heterocycles. The topological polar surface area (TPSA) is 83.3 Å². The number of cyclic esters (lactones) is 1. The number of rotatable bonds is 6. The summed E-state index contributed by atoms with van der Waals surface area (Å²) in [7, 11) is 0. The minimum Gasteiger partial charge on any atom is -0.463 e. The molecule has 1 fully saturated rings. The highest BCUT2D eigenvalue weighted by Gasteiger charge is 2.35. The molecule has 3 atom stereocenters. The average Bonchev–Trinajstić information content (AvgIpc) is 2.82. The third kappa shape index (κ3) is 4.23. The van der Waals surface area contributed by atoms with Gasteiger partial charge in [-0.3, -0.25) is 9.59 Å². The van der Waals surface area contributed by atoms with Crippen LogP contribution in [0.3, 0.4) is 0 Å². The first-order valence-corrected chi connectivity index (χ1v) is 6.34. The lowest BCUT2D eigenvalue weighted by Gasteiger charge is -2.18. The van der Waals surface area contributed by atoms with Gasteiger partial charge in [0, 0.05) is 6.42 Å². The van der Waals surface area contributed by atoms with E-state index in [9.17, 15) is 14.4 Å². The van der Waals surface area contributed by atoms with Crippen molar-refractivity contribution in [1.29, 1.82) is 0 Å². The number of ether oxygens (including phenoxy) is 3. The van der Waals surface area contributed by atoms with Gasteiger partial charge in [-0.25, -0.2) is 11.4 Å². The summed E-state index contributed by atoms with van der Waals surface area (Å²) in [5.74, 6) is -3.19. The zero-order valence-corrected chi connectivity index (χ0v) is 11.5. The predicted octanol–water partition coefficient (Wildman–Crippen LogP) is 0.580. The number of hydrogen-bond acceptors (Lipinski definition) is 6. The Bertz CT molecular complexity index is 427. The largest absolute Gasteiger partial charge is 0.463 e. The highest BCUT2D eigenvalue weighted by molar-refractivity contribution is 5.84. The van der Waals surface area contributed by atoms with Gasteiger partial charge in [0.25, 0.3) is 0 Å². The second-order valence-corrected chi connectivity index (χ2v) is 4.51. The Morgan fingerprint density at radius 1 is 1.40 bits per heavy atom. The third-order valence-corrected chi connectivity index (χ3v) is 3.09. The molecule has 7 heteroatoms. The van der Waals surface area contributed by atoms with Crippen LogP contribution in [0.1, 0.15) is 20.3 Å². The van der Waals surface area contributed by atoms with E-state index >= 15 is 0 Å². The second kappa shape index (κ2) is 7.48. The van der Waals surface area contributed by atoms with Crippen LogP contribution in [0.25, 0.3) is 4.85 Å². The summed E-state index contributed by atoms with van der Waals surface area (Å²) in [6.07, 6.45) is -0.545. The normalized spacial score (nSPS) is 20.4. The Labute approximate surface area is 117 Å². The number of nitrogens with zero attached hydrogens (tertiary/aromatic N) is 1. The van der Waals surface area contributed by atoms with Gasteiger partial charge >= 0.3 is 17.9 Å². The van der Waals surface area contributed by atoms with Gasteiger partial charge in [0.15, 0.2) is 6.61 Å². The molecule has 0 N–H and O–H groups in total. The monoisotopic (exact) mass is 283 g/mol. The molecule has 0 saturated carbocycles. The van der Waals surface area contributed by atoms with Crippen molar-refractivity contribution in [2.75, 3.05) is 19.8 Å². The smallest absolute Gasteiger partial charge is 0.347 e. The number of hydrogen-bond donors (Lipinski definition) is 0. The maximum Gasteiger partial charge on any atom is 0.347 e. The summed E-state index contributed by atoms with van der Waals surface area (Å²) in [5, 5.41) is 0. The molecule has 0 radical (unpaired) electrons. The SMILES string of the molecule is [C-]#[N+]CCOC(=O)C(C)C(C)C(=O)OC1CCOC1=O. The van der Waals surface area contributed by atoms with Gasteiger partial charge < -0.3 is 19.1 Å². The highest BCUT2D eigenvalue weighted by atomic mass is 16.6. The molecule has 0 bridgehead atoms. The van der Waals surface area contributed by atoms with Crippen molar-refractivity contribution in [2.45, 2.75) is 26.4 Å². The van der Waals surface area contributed by atoms with Gasteiger partial charge in [-0.1, -0.05) is 13.8 Å². The molecule has 0 spiro atoms. The fourth-order valence-corrected chi connectivity index (χ4v) is 1.56. The molecular formula is C13H17NO6. The van der Waals surface area contributed by atoms with E-state index in [4.69, 9.17) is 16.0 Å². The number of carbonyl (C=O) groups excluding carboxylic acids is 3. The molecule has 1 aliphatic rings. The van der Waals surface area contributed by atoms with Crippen molar-refractivity contribution >= 4 is 17.9 Å². The first-order valence-electron chi connectivity index (χ1n) is 6.34. The Morgan fingerprint density at radius 2 is 2.05 bits per heavy atom. The van der Waals surface area contributed by atoms with Crippen molar-refractivity contribution in [2.24, 2.45) is 11.8 Å². The van der Waals surface area contributed by atoms with Crippen molar-refractivity contribution in [3.63, 3.8) is 0 Å². The van der Waals surface area contributed by atoms with Gasteiger partial charge in [-0.15, -0.1) is 0 Å². The molecule has 0 aromatic rings. The van der Waals surface area contributed by atoms with Crippen LogP contribution in [0, 0.1) is 18.4 Å². The van der Waals surface area contributed by atoms with Gasteiger partial charge in [-0.05, 0) is 0 Å². The maximum atomic E-state index is 11.8. The van der Waals surface area contributed by atoms with Crippen LogP contribution in [0.5, 0.6) is 0 Å². The highest BCUT2D eigenvalue weighted by Crippen LogP contribution is 2.18. The molecule has 1 heterocycles. The van der Waals surface area contributed by atoms with E-state index in [1.165, 1.54) is 6.92 Å². The zero-order valence-electron chi connectivity index (χ0n) is 11.5. The summed E-state index contributed by atoms with van der Waals surface area (Å²) >= 11 is 0. The Kier molecular flexibility index (Phi) is 5.97. The number of esters is 3. The van der Waals surface area contributed by atoms with E-state index in [1.54, 1.807) is 6.92 Å². The van der Waals surface area contributed by atoms with E-state index in [0.717, 1.165) is 0 Å². The minimum absolute atomic E-state index is 0.00336. The van der Waals surface area contributed by atoms with E-state index in [1.807, 2.05) is 0 Å². The van der Waals surface area contributed by atoms with Gasteiger partial charge in [0.05, 0.1) is 18.4 Å². The van der Waals surface area contributed by atoms with Crippen LogP contribution < -0.4 is 0 Å². The van der Waals surface area contributed by atoms with E-state index < -0.39 is 35.8 Å². The van der Waals surface area contributed by atoms with Gasteiger partial charge in [0.1, 0.15) is 0 Å². The van der Waals surface area contributed by atoms with Crippen molar-refractivity contribution in [1.82, 2.24) is 0 Å². The molecule has 0 aromatic carbocycles. The van der Waals surface area contributed by atoms with Crippen molar-refractivity contribution < 1.29 is 28.6 Å². The standard InChI is InChI=1S/C13H17NO6/c1-8(11(15)19-7-5-14-3)9(2)12(16)20-10-4-6-18-13(10)17/h8-10H,4-7H2,1-2H3. The lowest BCUT2D eigenvalue weighted by Crippen LogP contribution is -2.32. The zero-order chi connectivity index (χ0) is 15.1. The van der Waals surface area contributed by atoms with Crippen LogP contribution >= 0.6 is 0 Å². The minimum atomic E-state index is -0.879. The quantitative estimate of drug-likeness (QED) is 0.307. The lowest BCUT2D eigenvalue weighted by atomic mass is 9.96. The van der Waals surface area contributed by atoms with Crippen LogP contribution in [-0.2, 0) is 28.6 Å². The van der Waals surface area contributed by atoms with Gasteiger partial charge in [0.2, 0.25) is 12.6 Å². The summed E-state index contributed by atoms with van der Waals surface area (Å²) in [6.45, 7) is 9.97. The van der Waals surface area contributed by atoms with Crippen LogP contribution in [0.2, 0.25) is 0 Å². The van der Waals surface area contributed by atoms with E-state index in [2.05, 4.69) is 9.58 Å². The lowest BCUT2D eigenvalue weighted by molar-refractivity contribution is -0.167. The summed E-state index contributed by atoms with van der Waals surface area (Å²) in [5.41, 5.74) is 0. The average molecular weight is 283 g/mol. The summed E-state index contributed by atoms with van der Waals surface area (Å²) < 4.78 is 14.6. The molecule has 110 valence electrons.